The lowest BCUT2D eigenvalue weighted by Gasteiger charge is -2.12. The highest BCUT2D eigenvalue weighted by molar-refractivity contribution is 14.0. The summed E-state index contributed by atoms with van der Waals surface area (Å²) in [6.07, 6.45) is 4.38. The summed E-state index contributed by atoms with van der Waals surface area (Å²) in [5, 5.41) is 9.46. The second kappa shape index (κ2) is 11.3. The second-order valence-corrected chi connectivity index (χ2v) is 5.90. The molecule has 5 nitrogen and oxygen atoms in total. The van der Waals surface area contributed by atoms with E-state index in [-0.39, 0.29) is 35.8 Å². The van der Waals surface area contributed by atoms with Gasteiger partial charge in [0.2, 0.25) is 5.91 Å². The standard InChI is InChI=1S/C18H28N4O.HI/c1-3-19-18(20-4-2)21-13-14-8-7-11-16(12-14)22-17(23)15-9-5-6-10-15;/h7-8,11-12,15H,3-6,9-10,13H2,1-2H3,(H,22,23)(H2,19,20,21);1H. The van der Waals surface area contributed by atoms with E-state index in [0.29, 0.717) is 6.54 Å². The van der Waals surface area contributed by atoms with Gasteiger partial charge in [0.1, 0.15) is 0 Å². The van der Waals surface area contributed by atoms with Crippen molar-refractivity contribution in [3.05, 3.63) is 29.8 Å². The zero-order valence-electron chi connectivity index (χ0n) is 14.6. The van der Waals surface area contributed by atoms with Crippen molar-refractivity contribution >= 4 is 41.5 Å². The molecule has 1 fully saturated rings. The number of guanidine groups is 1. The molecule has 0 bridgehead atoms. The Balaban J connectivity index is 0.00000288. The summed E-state index contributed by atoms with van der Waals surface area (Å²) in [6, 6.07) is 7.95. The molecule has 1 aromatic rings. The number of nitrogens with zero attached hydrogens (tertiary/aromatic N) is 1. The monoisotopic (exact) mass is 444 g/mol. The van der Waals surface area contributed by atoms with Gasteiger partial charge in [0, 0.05) is 24.7 Å². The maximum Gasteiger partial charge on any atom is 0.227 e. The van der Waals surface area contributed by atoms with Gasteiger partial charge in [-0.25, -0.2) is 4.99 Å². The summed E-state index contributed by atoms with van der Waals surface area (Å²) in [5.74, 6) is 1.16. The summed E-state index contributed by atoms with van der Waals surface area (Å²) >= 11 is 0. The van der Waals surface area contributed by atoms with Gasteiger partial charge in [0.05, 0.1) is 6.54 Å². The van der Waals surface area contributed by atoms with Gasteiger partial charge in [-0.1, -0.05) is 25.0 Å². The molecule has 3 N–H and O–H groups in total. The molecule has 2 rings (SSSR count). The lowest BCUT2D eigenvalue weighted by atomic mass is 10.1. The van der Waals surface area contributed by atoms with E-state index >= 15 is 0 Å². The third kappa shape index (κ3) is 6.67. The molecule has 6 heteroatoms. The number of halogens is 1. The van der Waals surface area contributed by atoms with Gasteiger partial charge in [0.15, 0.2) is 5.96 Å². The average Bonchev–Trinajstić information content (AvgIpc) is 3.08. The molecule has 0 aliphatic heterocycles. The van der Waals surface area contributed by atoms with Gasteiger partial charge in [-0.3, -0.25) is 4.79 Å². The Morgan fingerprint density at radius 2 is 1.83 bits per heavy atom. The molecule has 0 saturated heterocycles. The first-order chi connectivity index (χ1) is 11.2. The molecular formula is C18H29IN4O. The lowest BCUT2D eigenvalue weighted by molar-refractivity contribution is -0.119. The fourth-order valence-corrected chi connectivity index (χ4v) is 2.86. The van der Waals surface area contributed by atoms with Crippen LogP contribution in [0.5, 0.6) is 0 Å². The first-order valence-corrected chi connectivity index (χ1v) is 8.65. The summed E-state index contributed by atoms with van der Waals surface area (Å²) < 4.78 is 0. The van der Waals surface area contributed by atoms with Gasteiger partial charge in [-0.15, -0.1) is 24.0 Å². The number of hydrogen-bond donors (Lipinski definition) is 3. The van der Waals surface area contributed by atoms with Crippen LogP contribution in [0.3, 0.4) is 0 Å². The molecule has 24 heavy (non-hydrogen) atoms. The third-order valence-electron chi connectivity index (χ3n) is 4.03. The van der Waals surface area contributed by atoms with Gasteiger partial charge in [0.25, 0.3) is 0 Å². The maximum atomic E-state index is 12.2. The lowest BCUT2D eigenvalue weighted by Crippen LogP contribution is -2.36. The minimum Gasteiger partial charge on any atom is -0.357 e. The first-order valence-electron chi connectivity index (χ1n) is 8.65. The van der Waals surface area contributed by atoms with Crippen LogP contribution in [0.25, 0.3) is 0 Å². The average molecular weight is 444 g/mol. The minimum absolute atomic E-state index is 0. The Bertz CT molecular complexity index is 534. The van der Waals surface area contributed by atoms with Crippen molar-refractivity contribution in [2.24, 2.45) is 10.9 Å². The van der Waals surface area contributed by atoms with Crippen molar-refractivity contribution in [1.29, 1.82) is 0 Å². The molecule has 0 spiro atoms. The predicted octanol–water partition coefficient (Wildman–Crippen LogP) is 3.51. The SMILES string of the molecule is CCNC(=NCc1cccc(NC(=O)C2CCCC2)c1)NCC.I. The highest BCUT2D eigenvalue weighted by Gasteiger charge is 2.22. The highest BCUT2D eigenvalue weighted by Crippen LogP contribution is 2.26. The Morgan fingerprint density at radius 3 is 2.46 bits per heavy atom. The van der Waals surface area contributed by atoms with Crippen LogP contribution in [0.1, 0.15) is 45.1 Å². The van der Waals surface area contributed by atoms with Crippen LogP contribution < -0.4 is 16.0 Å². The van der Waals surface area contributed by atoms with Crippen LogP contribution in [0.4, 0.5) is 5.69 Å². The van der Waals surface area contributed by atoms with Crippen molar-refractivity contribution < 1.29 is 4.79 Å². The van der Waals surface area contributed by atoms with E-state index in [0.717, 1.165) is 43.1 Å². The summed E-state index contributed by atoms with van der Waals surface area (Å²) in [4.78, 5) is 16.8. The Hall–Kier alpha value is -1.31. The Morgan fingerprint density at radius 1 is 1.17 bits per heavy atom. The fraction of sp³-hybridized carbons (Fsp3) is 0.556. The van der Waals surface area contributed by atoms with Crippen LogP contribution in [0.2, 0.25) is 0 Å². The van der Waals surface area contributed by atoms with Crippen molar-refractivity contribution in [2.45, 2.75) is 46.1 Å². The Labute approximate surface area is 162 Å². The van der Waals surface area contributed by atoms with Gasteiger partial charge in [-0.05, 0) is 44.4 Å². The van der Waals surface area contributed by atoms with Gasteiger partial charge >= 0.3 is 0 Å². The third-order valence-corrected chi connectivity index (χ3v) is 4.03. The zero-order valence-corrected chi connectivity index (χ0v) is 16.9. The predicted molar refractivity (Wildman–Crippen MR) is 111 cm³/mol. The van der Waals surface area contributed by atoms with Crippen molar-refractivity contribution in [3.63, 3.8) is 0 Å². The number of anilines is 1. The van der Waals surface area contributed by atoms with E-state index in [4.69, 9.17) is 0 Å². The molecule has 0 aromatic heterocycles. The number of rotatable bonds is 6. The number of carbonyl (C=O) groups excluding carboxylic acids is 1. The molecule has 1 saturated carbocycles. The molecule has 0 unspecified atom stereocenters. The minimum atomic E-state index is 0. The first kappa shape index (κ1) is 20.7. The van der Waals surface area contributed by atoms with E-state index in [9.17, 15) is 4.79 Å². The summed E-state index contributed by atoms with van der Waals surface area (Å²) in [5.41, 5.74) is 1.95. The maximum absolute atomic E-state index is 12.2. The molecule has 1 aliphatic rings. The number of nitrogens with one attached hydrogen (secondary N) is 3. The summed E-state index contributed by atoms with van der Waals surface area (Å²) in [6.45, 7) is 6.35. The molecule has 0 atom stereocenters. The van der Waals surface area contributed by atoms with Crippen LogP contribution in [0.15, 0.2) is 29.3 Å². The smallest absolute Gasteiger partial charge is 0.227 e. The fourth-order valence-electron chi connectivity index (χ4n) is 2.86. The molecule has 1 aliphatic carbocycles. The van der Waals surface area contributed by atoms with E-state index in [1.54, 1.807) is 0 Å². The number of hydrogen-bond acceptors (Lipinski definition) is 2. The molecular weight excluding hydrogens is 415 g/mol. The van der Waals surface area contributed by atoms with Crippen LogP contribution in [-0.4, -0.2) is 25.0 Å². The van der Waals surface area contributed by atoms with Crippen LogP contribution in [0, 0.1) is 5.92 Å². The van der Waals surface area contributed by atoms with Gasteiger partial charge < -0.3 is 16.0 Å². The number of carbonyl (C=O) groups is 1. The second-order valence-electron chi connectivity index (χ2n) is 5.90. The Kier molecular flexibility index (Phi) is 9.75. The number of amides is 1. The quantitative estimate of drug-likeness (QED) is 0.358. The summed E-state index contributed by atoms with van der Waals surface area (Å²) in [7, 11) is 0. The van der Waals surface area contributed by atoms with Crippen LogP contribution >= 0.6 is 24.0 Å². The number of benzene rings is 1. The van der Waals surface area contributed by atoms with E-state index in [2.05, 4.69) is 20.9 Å². The molecule has 134 valence electrons. The van der Waals surface area contributed by atoms with Gasteiger partial charge in [-0.2, -0.15) is 0 Å². The topological polar surface area (TPSA) is 65.5 Å². The largest absolute Gasteiger partial charge is 0.357 e. The highest BCUT2D eigenvalue weighted by atomic mass is 127. The molecule has 1 amide bonds. The van der Waals surface area contributed by atoms with Crippen molar-refractivity contribution in [3.8, 4) is 0 Å². The molecule has 0 radical (unpaired) electrons. The molecule has 1 aromatic carbocycles. The van der Waals surface area contributed by atoms with Crippen molar-refractivity contribution in [1.82, 2.24) is 10.6 Å². The number of aliphatic imine (C=N–C) groups is 1. The molecule has 0 heterocycles. The normalized spacial score (nSPS) is 13.8. The zero-order chi connectivity index (χ0) is 16.5. The van der Waals surface area contributed by atoms with E-state index in [1.165, 1.54) is 12.8 Å². The van der Waals surface area contributed by atoms with E-state index < -0.39 is 0 Å². The van der Waals surface area contributed by atoms with Crippen LogP contribution in [-0.2, 0) is 11.3 Å². The van der Waals surface area contributed by atoms with Crippen molar-refractivity contribution in [2.75, 3.05) is 18.4 Å². The van der Waals surface area contributed by atoms with E-state index in [1.807, 2.05) is 38.1 Å².